The van der Waals surface area contributed by atoms with E-state index in [0.29, 0.717) is 5.78 Å². The van der Waals surface area contributed by atoms with Crippen molar-refractivity contribution in [1.82, 2.24) is 4.90 Å². The van der Waals surface area contributed by atoms with Crippen LogP contribution in [0.2, 0.25) is 0 Å². The number of hydrogen-bond acceptors (Lipinski definition) is 2. The van der Waals surface area contributed by atoms with Gasteiger partial charge in [-0.05, 0) is 63.7 Å². The fourth-order valence-corrected chi connectivity index (χ4v) is 3.22. The highest BCUT2D eigenvalue weighted by Crippen LogP contribution is 2.23. The molecule has 122 valence electrons. The van der Waals surface area contributed by atoms with Crippen LogP contribution in [0.25, 0.3) is 0 Å². The summed E-state index contributed by atoms with van der Waals surface area (Å²) in [6, 6.07) is 6.40. The number of aryl methyl sites for hydroxylation is 1. The van der Waals surface area contributed by atoms with Crippen LogP contribution in [-0.4, -0.2) is 30.3 Å². The smallest absolute Gasteiger partial charge is 0.132 e. The van der Waals surface area contributed by atoms with Crippen molar-refractivity contribution in [2.75, 3.05) is 19.6 Å². The molecule has 1 saturated heterocycles. The summed E-state index contributed by atoms with van der Waals surface area (Å²) in [6.07, 6.45) is 8.17. The Hall–Kier alpha value is -1.22. The maximum atomic E-state index is 12.1. The lowest BCUT2D eigenvalue weighted by atomic mass is 9.88. The van der Waals surface area contributed by atoms with E-state index in [1.807, 2.05) is 6.92 Å². The number of piperidine rings is 1. The molecule has 0 N–H and O–H groups in total. The van der Waals surface area contributed by atoms with Gasteiger partial charge in [0, 0.05) is 19.4 Å². The molecule has 0 unspecified atom stereocenters. The normalized spacial score (nSPS) is 20.4. The summed E-state index contributed by atoms with van der Waals surface area (Å²) in [4.78, 5) is 13.7. The highest BCUT2D eigenvalue weighted by atomic mass is 19.1. The maximum absolute atomic E-state index is 12.1. The number of nitrogens with zero attached hydrogens (tertiary/aromatic N) is 1. The molecule has 0 radical (unpaired) electrons. The predicted molar refractivity (Wildman–Crippen MR) is 88.4 cm³/mol. The van der Waals surface area contributed by atoms with Gasteiger partial charge < -0.3 is 4.90 Å². The molecule has 1 aromatic carbocycles. The summed E-state index contributed by atoms with van der Waals surface area (Å²) in [7, 11) is 0. The molecule has 0 amide bonds. The first-order valence-electron chi connectivity index (χ1n) is 8.60. The number of carbonyl (C=O) groups excluding carboxylic acids is 1. The van der Waals surface area contributed by atoms with Crippen LogP contribution >= 0.6 is 0 Å². The molecule has 2 fully saturated rings. The fourth-order valence-electron chi connectivity index (χ4n) is 3.22. The highest BCUT2D eigenvalue weighted by molar-refractivity contribution is 5.79. The van der Waals surface area contributed by atoms with Crippen molar-refractivity contribution < 1.29 is 9.18 Å². The fraction of sp³-hybridized carbons (Fsp3) is 0.632. The summed E-state index contributed by atoms with van der Waals surface area (Å²) in [5.41, 5.74) is 1.09. The van der Waals surface area contributed by atoms with Crippen molar-refractivity contribution in [1.29, 1.82) is 0 Å². The Kier molecular flexibility index (Phi) is 7.04. The average Bonchev–Trinajstić information content (AvgIpc) is 2.54. The van der Waals surface area contributed by atoms with Crippen LogP contribution in [0, 0.1) is 18.7 Å². The Morgan fingerprint density at radius 2 is 1.64 bits per heavy atom. The van der Waals surface area contributed by atoms with Gasteiger partial charge >= 0.3 is 0 Å². The first-order valence-corrected chi connectivity index (χ1v) is 8.60. The molecule has 22 heavy (non-hydrogen) atoms. The van der Waals surface area contributed by atoms with Crippen molar-refractivity contribution in [3.05, 3.63) is 35.6 Å². The summed E-state index contributed by atoms with van der Waals surface area (Å²) < 4.78 is 12.1. The van der Waals surface area contributed by atoms with Gasteiger partial charge in [-0.1, -0.05) is 24.1 Å². The van der Waals surface area contributed by atoms with Crippen molar-refractivity contribution in [2.45, 2.75) is 51.9 Å². The second kappa shape index (κ2) is 9.04. The number of likely N-dealkylation sites (tertiary alicyclic amines) is 1. The lowest BCUT2D eigenvalue weighted by molar-refractivity contribution is -0.121. The average molecular weight is 305 g/mol. The van der Waals surface area contributed by atoms with Crippen LogP contribution in [0.15, 0.2) is 24.3 Å². The lowest BCUT2D eigenvalue weighted by Crippen LogP contribution is -2.35. The Bertz CT molecular complexity index is 420. The molecule has 0 aromatic heterocycles. The summed E-state index contributed by atoms with van der Waals surface area (Å²) in [6.45, 7) is 5.78. The summed E-state index contributed by atoms with van der Waals surface area (Å²) >= 11 is 0. The molecule has 1 saturated carbocycles. The Labute approximate surface area is 133 Å². The molecule has 2 aliphatic rings. The number of Topliss-reactive ketones (excluding diaryl/α,β-unsaturated/α-hetero) is 1. The van der Waals surface area contributed by atoms with Crippen LogP contribution in [0.3, 0.4) is 0 Å². The molecule has 1 aliphatic carbocycles. The first kappa shape index (κ1) is 17.1. The third-order valence-corrected chi connectivity index (χ3v) is 4.64. The topological polar surface area (TPSA) is 20.3 Å². The SMILES string of the molecule is Cc1ccc(F)cc1.O=C1CCC(CN2CCCCC2)CC1. The molecular weight excluding hydrogens is 277 g/mol. The van der Waals surface area contributed by atoms with Gasteiger partial charge in [0.25, 0.3) is 0 Å². The van der Waals surface area contributed by atoms with Gasteiger partial charge in [-0.3, -0.25) is 4.79 Å². The van der Waals surface area contributed by atoms with Gasteiger partial charge in [0.05, 0.1) is 0 Å². The van der Waals surface area contributed by atoms with Crippen molar-refractivity contribution in [3.63, 3.8) is 0 Å². The predicted octanol–water partition coefficient (Wildman–Crippen LogP) is 4.37. The van der Waals surface area contributed by atoms with E-state index in [9.17, 15) is 9.18 Å². The number of hydrogen-bond donors (Lipinski definition) is 0. The molecule has 1 aliphatic heterocycles. The van der Waals surface area contributed by atoms with E-state index >= 15 is 0 Å². The number of ketones is 1. The van der Waals surface area contributed by atoms with Crippen molar-refractivity contribution in [2.24, 2.45) is 5.92 Å². The summed E-state index contributed by atoms with van der Waals surface area (Å²) in [5.74, 6) is 1.13. The molecule has 0 atom stereocenters. The minimum atomic E-state index is -0.171. The zero-order chi connectivity index (χ0) is 15.8. The standard InChI is InChI=1S/C12H21NO.C7H7F/c14-12-6-4-11(5-7-12)10-13-8-2-1-3-9-13;1-6-2-4-7(8)5-3-6/h11H,1-10H2;2-5H,1H3. The van der Waals surface area contributed by atoms with Crippen LogP contribution in [0.5, 0.6) is 0 Å². The largest absolute Gasteiger partial charge is 0.303 e. The maximum Gasteiger partial charge on any atom is 0.132 e. The van der Waals surface area contributed by atoms with Crippen LogP contribution in [0.4, 0.5) is 4.39 Å². The van der Waals surface area contributed by atoms with E-state index in [-0.39, 0.29) is 5.82 Å². The molecular formula is C19H28FNO. The van der Waals surface area contributed by atoms with Gasteiger partial charge in [-0.2, -0.15) is 0 Å². The quantitative estimate of drug-likeness (QED) is 0.809. The van der Waals surface area contributed by atoms with Crippen LogP contribution < -0.4 is 0 Å². The Morgan fingerprint density at radius 3 is 2.18 bits per heavy atom. The Balaban J connectivity index is 0.000000188. The number of rotatable bonds is 2. The van der Waals surface area contributed by atoms with E-state index in [0.717, 1.165) is 37.2 Å². The second-order valence-corrected chi connectivity index (χ2v) is 6.64. The number of benzene rings is 1. The minimum absolute atomic E-state index is 0.171. The first-order chi connectivity index (χ1) is 10.6. The number of halogens is 1. The van der Waals surface area contributed by atoms with E-state index < -0.39 is 0 Å². The van der Waals surface area contributed by atoms with E-state index in [1.54, 1.807) is 12.1 Å². The monoisotopic (exact) mass is 305 g/mol. The van der Waals surface area contributed by atoms with Gasteiger partial charge in [0.1, 0.15) is 11.6 Å². The molecule has 3 rings (SSSR count). The van der Waals surface area contributed by atoms with Gasteiger partial charge in [0.2, 0.25) is 0 Å². The zero-order valence-electron chi connectivity index (χ0n) is 13.7. The van der Waals surface area contributed by atoms with E-state index in [2.05, 4.69) is 4.90 Å². The minimum Gasteiger partial charge on any atom is -0.303 e. The van der Waals surface area contributed by atoms with Crippen LogP contribution in [0.1, 0.15) is 50.5 Å². The van der Waals surface area contributed by atoms with Crippen molar-refractivity contribution >= 4 is 5.78 Å². The van der Waals surface area contributed by atoms with E-state index in [4.69, 9.17) is 0 Å². The molecule has 0 bridgehead atoms. The molecule has 3 heteroatoms. The molecule has 1 aromatic rings. The molecule has 1 heterocycles. The number of carbonyl (C=O) groups is 1. The molecule has 2 nitrogen and oxygen atoms in total. The third kappa shape index (κ3) is 6.27. The van der Waals surface area contributed by atoms with Gasteiger partial charge in [-0.15, -0.1) is 0 Å². The third-order valence-electron chi connectivity index (χ3n) is 4.64. The van der Waals surface area contributed by atoms with Crippen molar-refractivity contribution in [3.8, 4) is 0 Å². The van der Waals surface area contributed by atoms with Gasteiger partial charge in [0.15, 0.2) is 0 Å². The van der Waals surface area contributed by atoms with Gasteiger partial charge in [-0.25, -0.2) is 4.39 Å². The highest BCUT2D eigenvalue weighted by Gasteiger charge is 2.21. The Morgan fingerprint density at radius 1 is 1.05 bits per heavy atom. The second-order valence-electron chi connectivity index (χ2n) is 6.64. The van der Waals surface area contributed by atoms with E-state index in [1.165, 1.54) is 51.0 Å². The zero-order valence-corrected chi connectivity index (χ0v) is 13.7. The van der Waals surface area contributed by atoms with Crippen LogP contribution in [-0.2, 0) is 4.79 Å². The lowest BCUT2D eigenvalue weighted by Gasteiger charge is -2.31. The molecule has 0 spiro atoms. The summed E-state index contributed by atoms with van der Waals surface area (Å²) in [5, 5.41) is 0.